The molecule has 2 aromatic rings. The molecule has 2 N–H and O–H groups in total. The van der Waals surface area contributed by atoms with Crippen LogP contribution in [-0.2, 0) is 18.8 Å². The Morgan fingerprint density at radius 2 is 1.96 bits per heavy atom. The fourth-order valence-electron chi connectivity index (χ4n) is 1.97. The van der Waals surface area contributed by atoms with Crippen LogP contribution in [0.1, 0.15) is 32.5 Å². The zero-order valence-corrected chi connectivity index (χ0v) is 12.2. The van der Waals surface area contributed by atoms with Crippen molar-refractivity contribution in [3.8, 4) is 0 Å². The maximum Gasteiger partial charge on any atom is 0.429 e. The summed E-state index contributed by atoms with van der Waals surface area (Å²) in [6, 6.07) is 1.07. The highest BCUT2D eigenvalue weighted by Gasteiger charge is 2.45. The average Bonchev–Trinajstić information content (AvgIpc) is 3.00. The molecule has 0 bridgehead atoms. The number of aryl methyl sites for hydroxylation is 2. The number of alkyl halides is 3. The maximum atomic E-state index is 13.1. The topological polar surface area (TPSA) is 92.1 Å². The number of hydrogen-bond donors (Lipinski definition) is 1. The average molecular weight is 330 g/mol. The molecular weight excluding hydrogens is 317 g/mol. The number of hydrogen-bond acceptors (Lipinski definition) is 4. The zero-order valence-electron chi connectivity index (χ0n) is 12.2. The summed E-state index contributed by atoms with van der Waals surface area (Å²) in [4.78, 5) is 23.1. The Kier molecular flexibility index (Phi) is 4.17. The van der Waals surface area contributed by atoms with Crippen LogP contribution < -0.4 is 5.73 Å². The Bertz CT molecular complexity index is 748. The van der Waals surface area contributed by atoms with E-state index in [9.17, 15) is 22.8 Å². The van der Waals surface area contributed by atoms with Crippen molar-refractivity contribution in [3.63, 3.8) is 0 Å². The summed E-state index contributed by atoms with van der Waals surface area (Å²) in [6.45, 7) is 0. The molecule has 23 heavy (non-hydrogen) atoms. The predicted molar refractivity (Wildman–Crippen MR) is 71.4 cm³/mol. The van der Waals surface area contributed by atoms with Crippen LogP contribution >= 0.6 is 0 Å². The van der Waals surface area contributed by atoms with Gasteiger partial charge < -0.3 is 15.0 Å². The van der Waals surface area contributed by atoms with Crippen LogP contribution in [0.15, 0.2) is 24.7 Å². The van der Waals surface area contributed by atoms with Gasteiger partial charge in [-0.2, -0.15) is 18.3 Å². The molecule has 0 radical (unpaired) electrons. The van der Waals surface area contributed by atoms with E-state index in [-0.39, 0.29) is 16.8 Å². The molecule has 0 aliphatic heterocycles. The minimum absolute atomic E-state index is 0.00983. The smallest absolute Gasteiger partial charge is 0.429 e. The molecule has 0 spiro atoms. The lowest BCUT2D eigenvalue weighted by Crippen LogP contribution is -2.26. The van der Waals surface area contributed by atoms with E-state index >= 15 is 0 Å². The number of nitrogens with two attached hydrogens (primary N) is 1. The summed E-state index contributed by atoms with van der Waals surface area (Å²) in [7, 11) is 2.82. The number of nitrogens with zero attached hydrogens (tertiary/aromatic N) is 3. The molecule has 2 rings (SSSR count). The third kappa shape index (κ3) is 3.52. The van der Waals surface area contributed by atoms with Crippen LogP contribution in [0.3, 0.4) is 0 Å². The number of esters is 1. The van der Waals surface area contributed by atoms with E-state index in [1.807, 2.05) is 0 Å². The lowest BCUT2D eigenvalue weighted by molar-refractivity contribution is -0.207. The van der Waals surface area contributed by atoms with E-state index in [0.717, 1.165) is 23.1 Å². The summed E-state index contributed by atoms with van der Waals surface area (Å²) in [5.74, 6) is -2.04. The van der Waals surface area contributed by atoms with Gasteiger partial charge in [0, 0.05) is 32.1 Å². The van der Waals surface area contributed by atoms with Crippen molar-refractivity contribution < 1.29 is 27.5 Å². The van der Waals surface area contributed by atoms with Crippen molar-refractivity contribution in [2.45, 2.75) is 12.3 Å². The highest BCUT2D eigenvalue weighted by atomic mass is 19.4. The third-order valence-corrected chi connectivity index (χ3v) is 3.05. The number of halogens is 3. The zero-order chi connectivity index (χ0) is 17.4. The Labute approximate surface area is 128 Å². The van der Waals surface area contributed by atoms with Crippen molar-refractivity contribution in [2.24, 2.45) is 19.8 Å². The highest BCUT2D eigenvalue weighted by Crippen LogP contribution is 2.36. The number of rotatable bonds is 4. The fraction of sp³-hybridized carbons (Fsp3) is 0.308. The number of carbonyl (C=O) groups excluding carboxylic acids is 2. The second-order valence-corrected chi connectivity index (χ2v) is 4.86. The van der Waals surface area contributed by atoms with E-state index < -0.39 is 24.2 Å². The van der Waals surface area contributed by atoms with Crippen LogP contribution in [0.2, 0.25) is 0 Å². The second kappa shape index (κ2) is 5.78. The van der Waals surface area contributed by atoms with Gasteiger partial charge >= 0.3 is 12.1 Å². The Morgan fingerprint density at radius 3 is 2.39 bits per heavy atom. The number of aromatic nitrogens is 3. The van der Waals surface area contributed by atoms with Crippen molar-refractivity contribution in [2.75, 3.05) is 0 Å². The van der Waals surface area contributed by atoms with Gasteiger partial charge in [-0.1, -0.05) is 0 Å². The summed E-state index contributed by atoms with van der Waals surface area (Å²) < 4.78 is 46.3. The lowest BCUT2D eigenvalue weighted by atomic mass is 10.2. The van der Waals surface area contributed by atoms with Crippen LogP contribution in [0, 0.1) is 0 Å². The van der Waals surface area contributed by atoms with Gasteiger partial charge in [-0.05, 0) is 6.07 Å². The quantitative estimate of drug-likeness (QED) is 0.856. The van der Waals surface area contributed by atoms with Crippen molar-refractivity contribution in [1.82, 2.24) is 14.3 Å². The summed E-state index contributed by atoms with van der Waals surface area (Å²) in [5, 5.41) is 3.63. The Hall–Kier alpha value is -2.78. The predicted octanol–water partition coefficient (Wildman–Crippen LogP) is 1.32. The van der Waals surface area contributed by atoms with Gasteiger partial charge in [-0.3, -0.25) is 9.48 Å². The fourth-order valence-corrected chi connectivity index (χ4v) is 1.97. The molecule has 1 amide bonds. The molecule has 0 aliphatic rings. The first-order valence-electron chi connectivity index (χ1n) is 6.32. The molecule has 1 atom stereocenters. The normalized spacial score (nSPS) is 12.9. The lowest BCUT2D eigenvalue weighted by Gasteiger charge is -2.19. The molecular formula is C13H13F3N4O3. The molecule has 0 unspecified atom stereocenters. The third-order valence-electron chi connectivity index (χ3n) is 3.05. The highest BCUT2D eigenvalue weighted by molar-refractivity contribution is 5.96. The molecule has 10 heteroatoms. The van der Waals surface area contributed by atoms with Crippen molar-refractivity contribution >= 4 is 11.9 Å². The van der Waals surface area contributed by atoms with Gasteiger partial charge in [0.2, 0.25) is 12.0 Å². The van der Waals surface area contributed by atoms with Gasteiger partial charge in [0.25, 0.3) is 0 Å². The van der Waals surface area contributed by atoms with Gasteiger partial charge in [-0.15, -0.1) is 0 Å². The standard InChI is InChI=1S/C13H13F3N4O3/c1-19-5-7(11(17)21)3-9(19)12(22)23-10(13(14,15)16)8-4-18-20(2)6-8/h3-6,10H,1-2H3,(H2,17,21)/t10-/m1/s1. The van der Waals surface area contributed by atoms with Crippen molar-refractivity contribution in [3.05, 3.63) is 41.5 Å². The molecule has 0 aliphatic carbocycles. The summed E-state index contributed by atoms with van der Waals surface area (Å²) >= 11 is 0. The number of carbonyl (C=O) groups is 2. The Morgan fingerprint density at radius 1 is 1.30 bits per heavy atom. The molecule has 0 saturated heterocycles. The van der Waals surface area contributed by atoms with E-state index in [2.05, 4.69) is 9.84 Å². The van der Waals surface area contributed by atoms with Gasteiger partial charge in [0.15, 0.2) is 0 Å². The first kappa shape index (κ1) is 16.6. The first-order valence-corrected chi connectivity index (χ1v) is 6.32. The van der Waals surface area contributed by atoms with E-state index in [1.54, 1.807) is 0 Å². The summed E-state index contributed by atoms with van der Waals surface area (Å²) in [6.07, 6.45) is -3.98. The molecule has 2 heterocycles. The van der Waals surface area contributed by atoms with Crippen molar-refractivity contribution in [1.29, 1.82) is 0 Å². The largest absolute Gasteiger partial charge is 0.443 e. The minimum atomic E-state index is -4.81. The second-order valence-electron chi connectivity index (χ2n) is 4.86. The first-order chi connectivity index (χ1) is 10.6. The van der Waals surface area contributed by atoms with E-state index in [1.165, 1.54) is 24.9 Å². The molecule has 0 saturated carbocycles. The maximum absolute atomic E-state index is 13.1. The molecule has 124 valence electrons. The number of primary amides is 1. The van der Waals surface area contributed by atoms with Crippen LogP contribution in [0.25, 0.3) is 0 Å². The molecule has 0 fully saturated rings. The van der Waals surface area contributed by atoms with Gasteiger partial charge in [0.1, 0.15) is 5.69 Å². The molecule has 0 aromatic carbocycles. The van der Waals surface area contributed by atoms with E-state index in [4.69, 9.17) is 5.73 Å². The van der Waals surface area contributed by atoms with Gasteiger partial charge in [0.05, 0.1) is 11.8 Å². The van der Waals surface area contributed by atoms with E-state index in [0.29, 0.717) is 0 Å². The van der Waals surface area contributed by atoms with Crippen LogP contribution in [-0.4, -0.2) is 32.4 Å². The minimum Gasteiger partial charge on any atom is -0.443 e. The monoisotopic (exact) mass is 330 g/mol. The van der Waals surface area contributed by atoms with Crippen LogP contribution in [0.5, 0.6) is 0 Å². The summed E-state index contributed by atoms with van der Waals surface area (Å²) in [5.41, 5.74) is 4.52. The SMILES string of the molecule is Cn1cc([C@@H](OC(=O)c2cc(C(N)=O)cn2C)C(F)(F)F)cn1. The number of ether oxygens (including phenoxy) is 1. The molecule has 7 nitrogen and oxygen atoms in total. The van der Waals surface area contributed by atoms with Crippen LogP contribution in [0.4, 0.5) is 13.2 Å². The Balaban J connectivity index is 2.30. The number of amides is 1. The van der Waals surface area contributed by atoms with Gasteiger partial charge in [-0.25, -0.2) is 4.79 Å². The molecule has 2 aromatic heterocycles.